The third kappa shape index (κ3) is 3.47. The molecule has 0 unspecified atom stereocenters. The summed E-state index contributed by atoms with van der Waals surface area (Å²) < 4.78 is 28.1. The Kier molecular flexibility index (Phi) is 4.83. The van der Waals surface area contributed by atoms with Gasteiger partial charge in [0.2, 0.25) is 5.91 Å². The Bertz CT molecular complexity index is 716. The van der Waals surface area contributed by atoms with E-state index in [1.807, 2.05) is 6.92 Å². The standard InChI is InChI=1S/C17H21F2N3O3/c1-5-16(2,3)20-12(23)9-22-14(24)17(4,21-15(22)25)13-10(18)7-6-8-11(13)19/h6-8H,5,9H2,1-4H3,(H,20,23)(H,21,25)/t17-/m1/s1. The van der Waals surface area contributed by atoms with Crippen LogP contribution in [0.4, 0.5) is 13.6 Å². The van der Waals surface area contributed by atoms with Crippen LogP contribution in [0, 0.1) is 11.6 Å². The average molecular weight is 353 g/mol. The maximum atomic E-state index is 14.1. The van der Waals surface area contributed by atoms with Crippen molar-refractivity contribution < 1.29 is 23.2 Å². The van der Waals surface area contributed by atoms with E-state index >= 15 is 0 Å². The molecule has 1 aliphatic heterocycles. The molecule has 0 bridgehead atoms. The zero-order valence-corrected chi connectivity index (χ0v) is 14.6. The Labute approximate surface area is 144 Å². The van der Waals surface area contributed by atoms with Gasteiger partial charge in [0, 0.05) is 5.54 Å². The Hall–Kier alpha value is -2.51. The largest absolute Gasteiger partial charge is 0.350 e. The van der Waals surface area contributed by atoms with Gasteiger partial charge in [-0.3, -0.25) is 14.5 Å². The summed E-state index contributed by atoms with van der Waals surface area (Å²) in [5.41, 5.74) is -2.96. The molecule has 0 aliphatic carbocycles. The predicted molar refractivity (Wildman–Crippen MR) is 86.5 cm³/mol. The molecule has 0 saturated carbocycles. The number of amides is 4. The van der Waals surface area contributed by atoms with Crippen LogP contribution in [0.2, 0.25) is 0 Å². The van der Waals surface area contributed by atoms with E-state index in [9.17, 15) is 23.2 Å². The highest BCUT2D eigenvalue weighted by atomic mass is 19.1. The van der Waals surface area contributed by atoms with E-state index in [-0.39, 0.29) is 0 Å². The normalized spacial score (nSPS) is 20.6. The minimum absolute atomic E-state index is 0.503. The lowest BCUT2D eigenvalue weighted by molar-refractivity contribution is -0.135. The summed E-state index contributed by atoms with van der Waals surface area (Å²) in [6.45, 7) is 6.17. The van der Waals surface area contributed by atoms with Crippen LogP contribution in [0.3, 0.4) is 0 Å². The van der Waals surface area contributed by atoms with Gasteiger partial charge in [0.15, 0.2) is 0 Å². The molecule has 136 valence electrons. The number of rotatable bonds is 5. The number of imide groups is 1. The van der Waals surface area contributed by atoms with Crippen molar-refractivity contribution in [3.8, 4) is 0 Å². The Morgan fingerprint density at radius 1 is 1.28 bits per heavy atom. The molecule has 25 heavy (non-hydrogen) atoms. The summed E-state index contributed by atoms with van der Waals surface area (Å²) in [7, 11) is 0. The molecule has 1 aromatic rings. The molecule has 1 saturated heterocycles. The molecule has 6 nitrogen and oxygen atoms in total. The molecular formula is C17H21F2N3O3. The highest BCUT2D eigenvalue weighted by molar-refractivity contribution is 6.09. The van der Waals surface area contributed by atoms with E-state index < -0.39 is 52.7 Å². The molecule has 1 aliphatic rings. The molecule has 0 aromatic heterocycles. The van der Waals surface area contributed by atoms with Crippen molar-refractivity contribution in [1.29, 1.82) is 0 Å². The van der Waals surface area contributed by atoms with Crippen LogP contribution in [-0.4, -0.2) is 34.8 Å². The molecular weight excluding hydrogens is 332 g/mol. The maximum Gasteiger partial charge on any atom is 0.325 e. The van der Waals surface area contributed by atoms with E-state index in [4.69, 9.17) is 0 Å². The zero-order chi connectivity index (χ0) is 19.0. The minimum atomic E-state index is -1.91. The Morgan fingerprint density at radius 3 is 2.36 bits per heavy atom. The van der Waals surface area contributed by atoms with Crippen molar-refractivity contribution in [2.24, 2.45) is 0 Å². The van der Waals surface area contributed by atoms with E-state index in [2.05, 4.69) is 10.6 Å². The van der Waals surface area contributed by atoms with E-state index in [1.54, 1.807) is 13.8 Å². The van der Waals surface area contributed by atoms with Gasteiger partial charge < -0.3 is 10.6 Å². The van der Waals surface area contributed by atoms with Crippen molar-refractivity contribution in [2.75, 3.05) is 6.54 Å². The second-order valence-corrected chi connectivity index (χ2v) is 6.83. The van der Waals surface area contributed by atoms with Crippen molar-refractivity contribution in [3.63, 3.8) is 0 Å². The van der Waals surface area contributed by atoms with Crippen LogP contribution in [0.1, 0.15) is 39.7 Å². The fourth-order valence-electron chi connectivity index (χ4n) is 2.63. The SMILES string of the molecule is CCC(C)(C)NC(=O)CN1C(=O)N[C@](C)(c2c(F)cccc2F)C1=O. The number of halogens is 2. The monoisotopic (exact) mass is 353 g/mol. The molecule has 1 atom stereocenters. The van der Waals surface area contributed by atoms with Gasteiger partial charge >= 0.3 is 6.03 Å². The molecule has 0 radical (unpaired) electrons. The van der Waals surface area contributed by atoms with Gasteiger partial charge in [0.25, 0.3) is 5.91 Å². The number of urea groups is 1. The van der Waals surface area contributed by atoms with Gasteiger partial charge in [-0.2, -0.15) is 0 Å². The summed E-state index contributed by atoms with van der Waals surface area (Å²) in [5.74, 6) is -3.32. The van der Waals surface area contributed by atoms with Crippen LogP contribution in [0.25, 0.3) is 0 Å². The van der Waals surface area contributed by atoms with Gasteiger partial charge in [-0.15, -0.1) is 0 Å². The van der Waals surface area contributed by atoms with Crippen LogP contribution >= 0.6 is 0 Å². The van der Waals surface area contributed by atoms with Gasteiger partial charge in [0.1, 0.15) is 23.7 Å². The summed E-state index contributed by atoms with van der Waals surface area (Å²) in [4.78, 5) is 37.6. The van der Waals surface area contributed by atoms with Crippen LogP contribution in [-0.2, 0) is 15.1 Å². The molecule has 0 spiro atoms. The van der Waals surface area contributed by atoms with Gasteiger partial charge in [-0.05, 0) is 39.3 Å². The lowest BCUT2D eigenvalue weighted by atomic mass is 9.91. The first-order valence-corrected chi connectivity index (χ1v) is 7.91. The summed E-state index contributed by atoms with van der Waals surface area (Å²) in [6, 6.07) is 2.29. The molecule has 2 N–H and O–H groups in total. The number of carbonyl (C=O) groups is 3. The maximum absolute atomic E-state index is 14.1. The summed E-state index contributed by atoms with van der Waals surface area (Å²) in [6.07, 6.45) is 0.650. The Balaban J connectivity index is 2.27. The number of hydrogen-bond acceptors (Lipinski definition) is 3. The lowest BCUT2D eigenvalue weighted by Gasteiger charge is -2.26. The molecule has 1 fully saturated rings. The number of hydrogen-bond donors (Lipinski definition) is 2. The van der Waals surface area contributed by atoms with E-state index in [0.29, 0.717) is 11.3 Å². The van der Waals surface area contributed by atoms with Gasteiger partial charge in [0.05, 0.1) is 5.56 Å². The zero-order valence-electron chi connectivity index (χ0n) is 14.6. The molecule has 1 aromatic carbocycles. The third-order valence-electron chi connectivity index (χ3n) is 4.40. The van der Waals surface area contributed by atoms with Crippen LogP contribution in [0.5, 0.6) is 0 Å². The highest BCUT2D eigenvalue weighted by Gasteiger charge is 2.52. The first-order chi connectivity index (χ1) is 11.5. The van der Waals surface area contributed by atoms with Crippen molar-refractivity contribution in [2.45, 2.75) is 45.2 Å². The first-order valence-electron chi connectivity index (χ1n) is 7.91. The topological polar surface area (TPSA) is 78.5 Å². The summed E-state index contributed by atoms with van der Waals surface area (Å²) in [5, 5.41) is 4.99. The number of nitrogens with one attached hydrogen (secondary N) is 2. The number of nitrogens with zero attached hydrogens (tertiary/aromatic N) is 1. The van der Waals surface area contributed by atoms with Crippen molar-refractivity contribution in [3.05, 3.63) is 35.4 Å². The molecule has 1 heterocycles. The van der Waals surface area contributed by atoms with Gasteiger partial charge in [-0.25, -0.2) is 13.6 Å². The highest BCUT2D eigenvalue weighted by Crippen LogP contribution is 2.32. The van der Waals surface area contributed by atoms with E-state index in [0.717, 1.165) is 18.2 Å². The lowest BCUT2D eigenvalue weighted by Crippen LogP contribution is -2.49. The van der Waals surface area contributed by atoms with E-state index in [1.165, 1.54) is 6.92 Å². The third-order valence-corrected chi connectivity index (χ3v) is 4.40. The number of carbonyl (C=O) groups excluding carboxylic acids is 3. The van der Waals surface area contributed by atoms with Crippen LogP contribution in [0.15, 0.2) is 18.2 Å². The number of benzene rings is 1. The van der Waals surface area contributed by atoms with Gasteiger partial charge in [-0.1, -0.05) is 13.0 Å². The average Bonchev–Trinajstić information content (AvgIpc) is 2.70. The first kappa shape index (κ1) is 18.8. The fraction of sp³-hybridized carbons (Fsp3) is 0.471. The fourth-order valence-corrected chi connectivity index (χ4v) is 2.63. The van der Waals surface area contributed by atoms with Crippen LogP contribution < -0.4 is 10.6 Å². The second kappa shape index (κ2) is 6.42. The Morgan fingerprint density at radius 2 is 1.84 bits per heavy atom. The molecule has 2 rings (SSSR count). The predicted octanol–water partition coefficient (Wildman–Crippen LogP) is 2.04. The molecule has 4 amide bonds. The minimum Gasteiger partial charge on any atom is -0.350 e. The summed E-state index contributed by atoms with van der Waals surface area (Å²) >= 11 is 0. The van der Waals surface area contributed by atoms with Crippen molar-refractivity contribution in [1.82, 2.24) is 15.5 Å². The van der Waals surface area contributed by atoms with Crippen molar-refractivity contribution >= 4 is 17.8 Å². The molecule has 8 heteroatoms. The quantitative estimate of drug-likeness (QED) is 0.795. The smallest absolute Gasteiger partial charge is 0.325 e. The second-order valence-electron chi connectivity index (χ2n) is 6.83.